The largest absolute Gasteiger partial charge is 0.459 e. The lowest BCUT2D eigenvalue weighted by atomic mass is 10.1. The first kappa shape index (κ1) is 11.0. The summed E-state index contributed by atoms with van der Waals surface area (Å²) in [5.41, 5.74) is -0.334. The van der Waals surface area contributed by atoms with Gasteiger partial charge in [-0.2, -0.15) is 0 Å². The lowest BCUT2D eigenvalue weighted by Crippen LogP contribution is -2.30. The Morgan fingerprint density at radius 3 is 2.36 bits per heavy atom. The maximum atomic E-state index is 11.0. The van der Waals surface area contributed by atoms with Gasteiger partial charge in [-0.3, -0.25) is 4.79 Å². The zero-order valence-electron chi connectivity index (χ0n) is 7.48. The molecule has 0 amide bonds. The molecule has 0 N–H and O–H groups in total. The van der Waals surface area contributed by atoms with Crippen LogP contribution in [0.1, 0.15) is 34.1 Å². The van der Waals surface area contributed by atoms with Crippen LogP contribution in [0.15, 0.2) is 0 Å². The van der Waals surface area contributed by atoms with Crippen molar-refractivity contribution in [1.82, 2.24) is 0 Å². The molecule has 0 fully saturated rings. The smallest absolute Gasteiger partial charge is 0.319 e. The second-order valence-corrected chi connectivity index (χ2v) is 4.52. The molecule has 1 unspecified atom stereocenters. The highest BCUT2D eigenvalue weighted by atomic mass is 79.9. The van der Waals surface area contributed by atoms with E-state index < -0.39 is 0 Å². The van der Waals surface area contributed by atoms with Crippen molar-refractivity contribution >= 4 is 21.9 Å². The van der Waals surface area contributed by atoms with E-state index in [4.69, 9.17) is 4.74 Å². The van der Waals surface area contributed by atoms with E-state index in [2.05, 4.69) is 15.9 Å². The van der Waals surface area contributed by atoms with Crippen molar-refractivity contribution in [3.63, 3.8) is 0 Å². The Bertz CT molecular complexity index is 141. The molecule has 1 atom stereocenters. The third-order valence-corrected chi connectivity index (χ3v) is 1.93. The molecule has 0 saturated heterocycles. The van der Waals surface area contributed by atoms with Gasteiger partial charge in [0.2, 0.25) is 0 Å². The third kappa shape index (κ3) is 4.40. The zero-order chi connectivity index (χ0) is 9.07. The molecule has 0 aliphatic carbocycles. The Labute approximate surface area is 76.4 Å². The van der Waals surface area contributed by atoms with Gasteiger partial charge >= 0.3 is 5.97 Å². The summed E-state index contributed by atoms with van der Waals surface area (Å²) in [6.45, 7) is 7.56. The van der Waals surface area contributed by atoms with Crippen molar-refractivity contribution in [3.05, 3.63) is 0 Å². The molecule has 0 rings (SSSR count). The number of carbonyl (C=O) groups is 1. The summed E-state index contributed by atoms with van der Waals surface area (Å²) in [5.74, 6) is -0.197. The number of carbonyl (C=O) groups excluding carboxylic acids is 1. The Hall–Kier alpha value is -0.0500. The molecular weight excluding hydrogens is 208 g/mol. The fraction of sp³-hybridized carbons (Fsp3) is 0.875. The van der Waals surface area contributed by atoms with Crippen LogP contribution in [0, 0.1) is 0 Å². The van der Waals surface area contributed by atoms with Crippen LogP contribution in [-0.2, 0) is 9.53 Å². The minimum atomic E-state index is -0.334. The normalized spacial score (nSPS) is 14.3. The number of esters is 1. The Morgan fingerprint density at radius 2 is 2.09 bits per heavy atom. The first-order valence-corrected chi connectivity index (χ1v) is 4.67. The quantitative estimate of drug-likeness (QED) is 0.542. The lowest BCUT2D eigenvalue weighted by Gasteiger charge is -2.23. The van der Waals surface area contributed by atoms with E-state index in [1.54, 1.807) is 6.92 Å². The van der Waals surface area contributed by atoms with Crippen molar-refractivity contribution in [2.24, 2.45) is 0 Å². The van der Waals surface area contributed by atoms with E-state index in [9.17, 15) is 4.79 Å². The summed E-state index contributed by atoms with van der Waals surface area (Å²) in [6.07, 6.45) is 0.832. The number of halogens is 1. The average Bonchev–Trinajstić information content (AvgIpc) is 1.87. The van der Waals surface area contributed by atoms with Gasteiger partial charge in [0.05, 0.1) is 0 Å². The Morgan fingerprint density at radius 1 is 1.64 bits per heavy atom. The van der Waals surface area contributed by atoms with Gasteiger partial charge in [0, 0.05) is 0 Å². The average molecular weight is 223 g/mol. The molecule has 0 radical (unpaired) electrons. The van der Waals surface area contributed by atoms with Gasteiger partial charge < -0.3 is 4.74 Å². The zero-order valence-corrected chi connectivity index (χ0v) is 9.06. The molecule has 0 aliphatic rings. The highest BCUT2D eigenvalue weighted by Crippen LogP contribution is 2.16. The molecule has 0 aromatic carbocycles. The van der Waals surface area contributed by atoms with E-state index in [1.165, 1.54) is 0 Å². The molecule has 0 aliphatic heterocycles. The lowest BCUT2D eigenvalue weighted by molar-refractivity contribution is -0.155. The highest BCUT2D eigenvalue weighted by Gasteiger charge is 2.22. The predicted octanol–water partition coefficient (Wildman–Crippen LogP) is 2.50. The molecular formula is C8H15BrO2. The summed E-state index contributed by atoms with van der Waals surface area (Å²) < 4.78 is 5.16. The molecule has 3 heteroatoms. The molecule has 2 nitrogen and oxygen atoms in total. The fourth-order valence-electron chi connectivity index (χ4n) is 0.426. The first-order valence-electron chi connectivity index (χ1n) is 3.76. The van der Waals surface area contributed by atoms with Gasteiger partial charge in [0.15, 0.2) is 0 Å². The topological polar surface area (TPSA) is 26.3 Å². The molecule has 66 valence electrons. The first-order chi connectivity index (χ1) is 4.89. The monoisotopic (exact) mass is 222 g/mol. The standard InChI is InChI=1S/C8H15BrO2/c1-5-8(3,4)11-7(10)6(2)9/h6H,5H2,1-4H3. The summed E-state index contributed by atoms with van der Waals surface area (Å²) in [6, 6.07) is 0. The predicted molar refractivity (Wildman–Crippen MR) is 48.9 cm³/mol. The number of hydrogen-bond donors (Lipinski definition) is 0. The van der Waals surface area contributed by atoms with Crippen LogP contribution < -0.4 is 0 Å². The van der Waals surface area contributed by atoms with E-state index in [0.29, 0.717) is 0 Å². The van der Waals surface area contributed by atoms with Crippen LogP contribution in [0.2, 0.25) is 0 Å². The van der Waals surface area contributed by atoms with Gasteiger partial charge in [0.25, 0.3) is 0 Å². The SMILES string of the molecule is CCC(C)(C)OC(=O)C(C)Br. The molecule has 0 aromatic rings. The number of rotatable bonds is 3. The minimum absolute atomic E-state index is 0.197. The van der Waals surface area contributed by atoms with Crippen molar-refractivity contribution in [2.75, 3.05) is 0 Å². The summed E-state index contributed by atoms with van der Waals surface area (Å²) in [4.78, 5) is 10.8. The van der Waals surface area contributed by atoms with Crippen molar-refractivity contribution in [1.29, 1.82) is 0 Å². The number of ether oxygens (including phenoxy) is 1. The van der Waals surface area contributed by atoms with Crippen LogP contribution in [0.3, 0.4) is 0 Å². The Balaban J connectivity index is 3.94. The van der Waals surface area contributed by atoms with Crippen molar-refractivity contribution < 1.29 is 9.53 Å². The van der Waals surface area contributed by atoms with Crippen LogP contribution in [-0.4, -0.2) is 16.4 Å². The molecule has 0 heterocycles. The molecule has 11 heavy (non-hydrogen) atoms. The van der Waals surface area contributed by atoms with Crippen LogP contribution in [0.25, 0.3) is 0 Å². The maximum absolute atomic E-state index is 11.0. The second kappa shape index (κ2) is 4.10. The van der Waals surface area contributed by atoms with E-state index in [1.807, 2.05) is 20.8 Å². The summed E-state index contributed by atoms with van der Waals surface area (Å²) in [5, 5.41) is 0. The van der Waals surface area contributed by atoms with Crippen molar-refractivity contribution in [3.8, 4) is 0 Å². The van der Waals surface area contributed by atoms with E-state index in [0.717, 1.165) is 6.42 Å². The summed E-state index contributed by atoms with van der Waals surface area (Å²) in [7, 11) is 0. The molecule has 0 bridgehead atoms. The van der Waals surface area contributed by atoms with Gasteiger partial charge in [-0.15, -0.1) is 0 Å². The minimum Gasteiger partial charge on any atom is -0.459 e. The van der Waals surface area contributed by atoms with Gasteiger partial charge in [-0.05, 0) is 27.2 Å². The van der Waals surface area contributed by atoms with Crippen LogP contribution >= 0.6 is 15.9 Å². The number of hydrogen-bond acceptors (Lipinski definition) is 2. The maximum Gasteiger partial charge on any atom is 0.319 e. The Kier molecular flexibility index (Phi) is 4.08. The highest BCUT2D eigenvalue weighted by molar-refractivity contribution is 9.10. The van der Waals surface area contributed by atoms with Gasteiger partial charge in [-0.25, -0.2) is 0 Å². The van der Waals surface area contributed by atoms with Gasteiger partial charge in [0.1, 0.15) is 10.4 Å². The van der Waals surface area contributed by atoms with Crippen LogP contribution in [0.5, 0.6) is 0 Å². The van der Waals surface area contributed by atoms with Crippen LogP contribution in [0.4, 0.5) is 0 Å². The van der Waals surface area contributed by atoms with Gasteiger partial charge in [-0.1, -0.05) is 22.9 Å². The molecule has 0 saturated carbocycles. The third-order valence-electron chi connectivity index (χ3n) is 1.55. The molecule has 0 spiro atoms. The summed E-state index contributed by atoms with van der Waals surface area (Å²) >= 11 is 3.15. The van der Waals surface area contributed by atoms with E-state index in [-0.39, 0.29) is 16.4 Å². The second-order valence-electron chi connectivity index (χ2n) is 3.15. The van der Waals surface area contributed by atoms with Crippen molar-refractivity contribution in [2.45, 2.75) is 44.5 Å². The fourth-order valence-corrected chi connectivity index (χ4v) is 0.519. The number of alkyl halides is 1. The van der Waals surface area contributed by atoms with E-state index >= 15 is 0 Å². The molecule has 0 aromatic heterocycles.